The highest BCUT2D eigenvalue weighted by Crippen LogP contribution is 2.34. The van der Waals surface area contributed by atoms with Crippen LogP contribution in [0, 0.1) is 6.92 Å². The Bertz CT molecular complexity index is 1050. The number of nitrogens with one attached hydrogen (secondary N) is 1. The molecule has 0 unspecified atom stereocenters. The summed E-state index contributed by atoms with van der Waals surface area (Å²) in [5, 5.41) is 7.54. The van der Waals surface area contributed by atoms with Gasteiger partial charge in [0, 0.05) is 55.6 Å². The molecule has 1 aromatic carbocycles. The molecule has 0 bridgehead atoms. The van der Waals surface area contributed by atoms with Gasteiger partial charge in [-0.3, -0.25) is 9.89 Å². The van der Waals surface area contributed by atoms with E-state index < -0.39 is 0 Å². The van der Waals surface area contributed by atoms with Gasteiger partial charge in [-0.1, -0.05) is 23.7 Å². The summed E-state index contributed by atoms with van der Waals surface area (Å²) in [6, 6.07) is 7.72. The number of benzene rings is 1. The van der Waals surface area contributed by atoms with Crippen LogP contribution in [0.15, 0.2) is 36.7 Å². The average molecular weight is 425 g/mol. The molecule has 0 saturated carbocycles. The van der Waals surface area contributed by atoms with Crippen LogP contribution in [0.25, 0.3) is 11.1 Å². The maximum absolute atomic E-state index is 13.0. The number of carbonyl (C=O) groups excluding carboxylic acids is 1. The number of carbonyl (C=O) groups is 1. The number of halogens is 1. The minimum Gasteiger partial charge on any atom is -0.347 e. The smallest absolute Gasteiger partial charge is 0.257 e. The number of aryl methyl sites for hydroxylation is 1. The Morgan fingerprint density at radius 1 is 1.23 bits per heavy atom. The first-order valence-corrected chi connectivity index (χ1v) is 10.4. The summed E-state index contributed by atoms with van der Waals surface area (Å²) in [5.41, 5.74) is 4.40. The fraction of sp³-hybridized carbons (Fsp3) is 0.364. The molecule has 1 aliphatic rings. The molecule has 3 aromatic rings. The number of aromatic nitrogens is 4. The first-order valence-electron chi connectivity index (χ1n) is 10.0. The molecular weight excluding hydrogens is 400 g/mol. The molecule has 1 amide bonds. The van der Waals surface area contributed by atoms with E-state index in [1.54, 1.807) is 6.20 Å². The Kier molecular flexibility index (Phi) is 5.72. The standard InChI is InChI=1S/C22H25ClN6O/c1-14-18(12-25-27-14)21(30)29-10-4-5-16(13-29)20-19(11-24-22(26-20)28(2)3)15-6-8-17(23)9-7-15/h6-9,11-12,16H,4-5,10,13H2,1-3H3,(H,25,27)/t16-/m1/s1. The summed E-state index contributed by atoms with van der Waals surface area (Å²) in [5.74, 6) is 0.806. The molecule has 7 nitrogen and oxygen atoms in total. The highest BCUT2D eigenvalue weighted by Gasteiger charge is 2.29. The largest absolute Gasteiger partial charge is 0.347 e. The number of hydrogen-bond acceptors (Lipinski definition) is 5. The minimum atomic E-state index is 0.0147. The molecule has 1 N–H and O–H groups in total. The molecule has 1 saturated heterocycles. The quantitative estimate of drug-likeness (QED) is 0.686. The van der Waals surface area contributed by atoms with Gasteiger partial charge < -0.3 is 9.80 Å². The second-order valence-electron chi connectivity index (χ2n) is 7.87. The van der Waals surface area contributed by atoms with Crippen LogP contribution in [0.1, 0.15) is 40.5 Å². The van der Waals surface area contributed by atoms with Crippen molar-refractivity contribution in [1.29, 1.82) is 0 Å². The van der Waals surface area contributed by atoms with Crippen LogP contribution in [0.2, 0.25) is 5.02 Å². The lowest BCUT2D eigenvalue weighted by atomic mass is 9.89. The molecule has 1 aliphatic heterocycles. The zero-order valence-electron chi connectivity index (χ0n) is 17.4. The molecule has 4 rings (SSSR count). The van der Waals surface area contributed by atoms with E-state index in [1.165, 1.54) is 0 Å². The van der Waals surface area contributed by atoms with E-state index >= 15 is 0 Å². The predicted octanol–water partition coefficient (Wildman–Crippen LogP) is 3.91. The summed E-state index contributed by atoms with van der Waals surface area (Å²) in [4.78, 5) is 26.3. The van der Waals surface area contributed by atoms with E-state index in [4.69, 9.17) is 16.6 Å². The highest BCUT2D eigenvalue weighted by molar-refractivity contribution is 6.30. The van der Waals surface area contributed by atoms with Crippen LogP contribution in [-0.4, -0.2) is 58.2 Å². The number of rotatable bonds is 4. The van der Waals surface area contributed by atoms with Gasteiger partial charge in [-0.25, -0.2) is 9.97 Å². The van der Waals surface area contributed by atoms with Crippen molar-refractivity contribution < 1.29 is 4.79 Å². The van der Waals surface area contributed by atoms with Gasteiger partial charge in [0.05, 0.1) is 17.5 Å². The Morgan fingerprint density at radius 3 is 2.67 bits per heavy atom. The molecule has 0 spiro atoms. The number of hydrogen-bond donors (Lipinski definition) is 1. The van der Waals surface area contributed by atoms with Gasteiger partial charge in [0.1, 0.15) is 0 Å². The number of anilines is 1. The number of aromatic amines is 1. The number of nitrogens with zero attached hydrogens (tertiary/aromatic N) is 5. The Morgan fingerprint density at radius 2 is 2.00 bits per heavy atom. The molecular formula is C22H25ClN6O. The van der Waals surface area contributed by atoms with Crippen molar-refractivity contribution in [3.05, 3.63) is 58.6 Å². The second-order valence-corrected chi connectivity index (χ2v) is 8.31. The van der Waals surface area contributed by atoms with Crippen molar-refractivity contribution >= 4 is 23.5 Å². The van der Waals surface area contributed by atoms with Gasteiger partial charge in [0.15, 0.2) is 0 Å². The van der Waals surface area contributed by atoms with Gasteiger partial charge in [-0.15, -0.1) is 0 Å². The molecule has 8 heteroatoms. The van der Waals surface area contributed by atoms with Gasteiger partial charge in [0.25, 0.3) is 5.91 Å². The number of amides is 1. The first kappa shape index (κ1) is 20.3. The average Bonchev–Trinajstić information content (AvgIpc) is 3.19. The zero-order valence-corrected chi connectivity index (χ0v) is 18.1. The van der Waals surface area contributed by atoms with Crippen molar-refractivity contribution in [2.75, 3.05) is 32.1 Å². The first-order chi connectivity index (χ1) is 14.4. The van der Waals surface area contributed by atoms with Crippen molar-refractivity contribution in [3.63, 3.8) is 0 Å². The number of piperidine rings is 1. The van der Waals surface area contributed by atoms with Crippen molar-refractivity contribution in [1.82, 2.24) is 25.1 Å². The highest BCUT2D eigenvalue weighted by atomic mass is 35.5. The van der Waals surface area contributed by atoms with E-state index in [2.05, 4.69) is 15.2 Å². The second kappa shape index (κ2) is 8.44. The van der Waals surface area contributed by atoms with Crippen LogP contribution >= 0.6 is 11.6 Å². The normalized spacial score (nSPS) is 16.5. The molecule has 0 radical (unpaired) electrons. The van der Waals surface area contributed by atoms with E-state index in [0.717, 1.165) is 41.9 Å². The summed E-state index contributed by atoms with van der Waals surface area (Å²) < 4.78 is 0. The molecule has 1 fully saturated rings. The Labute approximate surface area is 181 Å². The Balaban J connectivity index is 1.69. The van der Waals surface area contributed by atoms with E-state index in [1.807, 2.05) is 61.3 Å². The summed E-state index contributed by atoms with van der Waals surface area (Å²) >= 11 is 6.08. The van der Waals surface area contributed by atoms with Crippen LogP contribution < -0.4 is 4.90 Å². The maximum Gasteiger partial charge on any atom is 0.257 e. The molecule has 1 atom stereocenters. The monoisotopic (exact) mass is 424 g/mol. The third-order valence-electron chi connectivity index (χ3n) is 5.52. The molecule has 156 valence electrons. The van der Waals surface area contributed by atoms with Gasteiger partial charge in [-0.2, -0.15) is 5.10 Å². The molecule has 2 aromatic heterocycles. The third-order valence-corrected chi connectivity index (χ3v) is 5.77. The summed E-state index contributed by atoms with van der Waals surface area (Å²) in [6.45, 7) is 3.23. The maximum atomic E-state index is 13.0. The van der Waals surface area contributed by atoms with Crippen LogP contribution in [0.5, 0.6) is 0 Å². The third kappa shape index (κ3) is 4.03. The van der Waals surface area contributed by atoms with Gasteiger partial charge in [0.2, 0.25) is 5.95 Å². The van der Waals surface area contributed by atoms with E-state index in [-0.39, 0.29) is 11.8 Å². The van der Waals surface area contributed by atoms with Gasteiger partial charge >= 0.3 is 0 Å². The minimum absolute atomic E-state index is 0.0147. The molecule has 30 heavy (non-hydrogen) atoms. The fourth-order valence-electron chi connectivity index (χ4n) is 3.89. The fourth-order valence-corrected chi connectivity index (χ4v) is 4.01. The van der Waals surface area contributed by atoms with Gasteiger partial charge in [-0.05, 0) is 37.5 Å². The topological polar surface area (TPSA) is 78.0 Å². The summed E-state index contributed by atoms with van der Waals surface area (Å²) in [6.07, 6.45) is 5.38. The zero-order chi connectivity index (χ0) is 21.3. The lowest BCUT2D eigenvalue weighted by Gasteiger charge is -2.33. The lowest BCUT2D eigenvalue weighted by molar-refractivity contribution is 0.0705. The van der Waals surface area contributed by atoms with Crippen LogP contribution in [0.3, 0.4) is 0 Å². The number of likely N-dealkylation sites (tertiary alicyclic amines) is 1. The van der Waals surface area contributed by atoms with Crippen LogP contribution in [-0.2, 0) is 0 Å². The summed E-state index contributed by atoms with van der Waals surface area (Å²) in [7, 11) is 3.86. The Hall–Kier alpha value is -2.93. The molecule has 3 heterocycles. The lowest BCUT2D eigenvalue weighted by Crippen LogP contribution is -2.39. The van der Waals surface area contributed by atoms with Crippen LogP contribution in [0.4, 0.5) is 5.95 Å². The van der Waals surface area contributed by atoms with Crippen molar-refractivity contribution in [2.24, 2.45) is 0 Å². The van der Waals surface area contributed by atoms with E-state index in [9.17, 15) is 4.79 Å². The van der Waals surface area contributed by atoms with E-state index in [0.29, 0.717) is 23.1 Å². The SMILES string of the molecule is Cc1[nH]ncc1C(=O)N1CCC[C@@H](c2nc(N(C)C)ncc2-c2ccc(Cl)cc2)C1. The number of H-pyrrole nitrogens is 1. The van der Waals surface area contributed by atoms with Crippen molar-refractivity contribution in [3.8, 4) is 11.1 Å². The predicted molar refractivity (Wildman–Crippen MR) is 118 cm³/mol. The van der Waals surface area contributed by atoms with Crippen molar-refractivity contribution in [2.45, 2.75) is 25.7 Å². The molecule has 0 aliphatic carbocycles.